The van der Waals surface area contributed by atoms with E-state index in [4.69, 9.17) is 4.52 Å². The highest BCUT2D eigenvalue weighted by atomic mass is 32.1. The van der Waals surface area contributed by atoms with Gasteiger partial charge in [-0.15, -0.1) is 11.3 Å². The van der Waals surface area contributed by atoms with Gasteiger partial charge in [0.2, 0.25) is 5.91 Å². The Kier molecular flexibility index (Phi) is 5.79. The third kappa shape index (κ3) is 4.42. The lowest BCUT2D eigenvalue weighted by Crippen LogP contribution is -2.41. The number of amides is 1. The van der Waals surface area contributed by atoms with Crippen LogP contribution in [0.15, 0.2) is 22.3 Å². The zero-order valence-corrected chi connectivity index (χ0v) is 17.3. The number of piperidine rings is 1. The summed E-state index contributed by atoms with van der Waals surface area (Å²) < 4.78 is 5.40. The maximum atomic E-state index is 12.5. The molecule has 4 heterocycles. The van der Waals surface area contributed by atoms with E-state index in [9.17, 15) is 4.79 Å². The molecule has 0 atom stereocenters. The zero-order valence-electron chi connectivity index (χ0n) is 16.5. The molecule has 29 heavy (non-hydrogen) atoms. The minimum absolute atomic E-state index is 0.00676. The number of hydrogen-bond acceptors (Lipinski definition) is 9. The molecule has 4 rings (SSSR count). The van der Waals surface area contributed by atoms with Gasteiger partial charge in [-0.25, -0.2) is 15.0 Å². The van der Waals surface area contributed by atoms with Crippen LogP contribution >= 0.6 is 11.3 Å². The van der Waals surface area contributed by atoms with Crippen molar-refractivity contribution in [3.05, 3.63) is 34.4 Å². The van der Waals surface area contributed by atoms with Crippen LogP contribution in [-0.4, -0.2) is 44.1 Å². The minimum Gasteiger partial charge on any atom is -0.356 e. The fourth-order valence-electron chi connectivity index (χ4n) is 3.36. The molecule has 1 N–H and O–H groups in total. The number of thiazole rings is 1. The van der Waals surface area contributed by atoms with Crippen LogP contribution in [0, 0.1) is 12.8 Å². The van der Waals surface area contributed by atoms with Crippen molar-refractivity contribution in [2.45, 2.75) is 39.7 Å². The summed E-state index contributed by atoms with van der Waals surface area (Å²) in [6, 6.07) is 0. The molecule has 1 saturated heterocycles. The third-order valence-corrected chi connectivity index (χ3v) is 5.75. The molecule has 0 unspecified atom stereocenters. The molecule has 0 radical (unpaired) electrons. The molecule has 0 spiro atoms. The number of rotatable bonds is 6. The number of aryl methyl sites for hydroxylation is 2. The van der Waals surface area contributed by atoms with E-state index in [1.54, 1.807) is 23.7 Å². The highest BCUT2D eigenvalue weighted by Crippen LogP contribution is 2.30. The Morgan fingerprint density at radius 3 is 2.83 bits per heavy atom. The van der Waals surface area contributed by atoms with E-state index < -0.39 is 0 Å². The second-order valence-electron chi connectivity index (χ2n) is 6.93. The fourth-order valence-corrected chi connectivity index (χ4v) is 3.91. The van der Waals surface area contributed by atoms with Gasteiger partial charge in [0, 0.05) is 43.2 Å². The van der Waals surface area contributed by atoms with Crippen LogP contribution in [0.1, 0.15) is 36.4 Å². The average Bonchev–Trinajstić information content (AvgIpc) is 3.44. The van der Waals surface area contributed by atoms with Crippen molar-refractivity contribution in [2.24, 2.45) is 5.92 Å². The first-order valence-electron chi connectivity index (χ1n) is 9.71. The van der Waals surface area contributed by atoms with Gasteiger partial charge in [0.1, 0.15) is 22.2 Å². The number of carbonyl (C=O) groups is 1. The molecular formula is C19H23N7O2S. The van der Waals surface area contributed by atoms with Crippen molar-refractivity contribution >= 4 is 23.1 Å². The van der Waals surface area contributed by atoms with Crippen LogP contribution in [0.3, 0.4) is 0 Å². The Hall–Kier alpha value is -2.88. The molecule has 9 nitrogen and oxygen atoms in total. The molecule has 0 aliphatic carbocycles. The minimum atomic E-state index is -0.00676. The van der Waals surface area contributed by atoms with Crippen LogP contribution in [0.5, 0.6) is 0 Å². The quantitative estimate of drug-likeness (QED) is 0.656. The molecule has 1 aliphatic heterocycles. The monoisotopic (exact) mass is 413 g/mol. The van der Waals surface area contributed by atoms with Gasteiger partial charge in [-0.2, -0.15) is 4.98 Å². The van der Waals surface area contributed by atoms with E-state index in [0.717, 1.165) is 42.3 Å². The highest BCUT2D eigenvalue weighted by molar-refractivity contribution is 7.09. The van der Waals surface area contributed by atoms with Crippen molar-refractivity contribution in [2.75, 3.05) is 18.0 Å². The smallest absolute Gasteiger partial charge is 0.263 e. The maximum absolute atomic E-state index is 12.5. The Morgan fingerprint density at radius 2 is 2.14 bits per heavy atom. The summed E-state index contributed by atoms with van der Waals surface area (Å²) in [6.45, 7) is 5.78. The summed E-state index contributed by atoms with van der Waals surface area (Å²) in [5.74, 6) is 2.63. The summed E-state index contributed by atoms with van der Waals surface area (Å²) in [4.78, 5) is 32.2. The first kappa shape index (κ1) is 19.4. The van der Waals surface area contributed by atoms with Crippen molar-refractivity contribution < 1.29 is 9.32 Å². The van der Waals surface area contributed by atoms with Gasteiger partial charge >= 0.3 is 0 Å². The second kappa shape index (κ2) is 8.64. The van der Waals surface area contributed by atoms with Gasteiger partial charge < -0.3 is 14.7 Å². The molecule has 1 aliphatic rings. The topological polar surface area (TPSA) is 110 Å². The number of carbonyl (C=O) groups excluding carboxylic acids is 1. The second-order valence-corrected chi connectivity index (χ2v) is 7.91. The number of aromatic nitrogens is 5. The Bertz CT molecular complexity index is 965. The zero-order chi connectivity index (χ0) is 20.2. The van der Waals surface area contributed by atoms with Gasteiger partial charge in [-0.1, -0.05) is 12.1 Å². The first-order chi connectivity index (χ1) is 14.1. The van der Waals surface area contributed by atoms with Gasteiger partial charge in [-0.05, 0) is 19.8 Å². The van der Waals surface area contributed by atoms with E-state index in [-0.39, 0.29) is 11.8 Å². The van der Waals surface area contributed by atoms with E-state index in [2.05, 4.69) is 35.3 Å². The standard InChI is InChI=1S/C19H23N7O2S/c1-3-15-24-19(28-25-15)14-10-21-12(2)23-17(14)26-7-4-13(5-8-26)18(27)22-11-16-20-6-9-29-16/h6,9-10,13H,3-5,7-8,11H2,1-2H3,(H,22,27). The van der Waals surface area contributed by atoms with Crippen LogP contribution in [0.2, 0.25) is 0 Å². The molecule has 1 fully saturated rings. The molecule has 0 saturated carbocycles. The van der Waals surface area contributed by atoms with Crippen LogP contribution in [0.25, 0.3) is 11.5 Å². The molecule has 0 bridgehead atoms. The molecular weight excluding hydrogens is 390 g/mol. The largest absolute Gasteiger partial charge is 0.356 e. The molecule has 1 amide bonds. The van der Waals surface area contributed by atoms with Gasteiger partial charge in [0.05, 0.1) is 6.54 Å². The lowest BCUT2D eigenvalue weighted by Gasteiger charge is -2.32. The van der Waals surface area contributed by atoms with Crippen LogP contribution < -0.4 is 10.2 Å². The maximum Gasteiger partial charge on any atom is 0.263 e. The van der Waals surface area contributed by atoms with E-state index in [1.165, 1.54) is 0 Å². The van der Waals surface area contributed by atoms with Crippen LogP contribution in [0.4, 0.5) is 5.82 Å². The normalized spacial score (nSPS) is 14.9. The fraction of sp³-hybridized carbons (Fsp3) is 0.474. The number of nitrogens with one attached hydrogen (secondary N) is 1. The molecule has 3 aromatic heterocycles. The summed E-state index contributed by atoms with van der Waals surface area (Å²) in [7, 11) is 0. The van der Waals surface area contributed by atoms with Crippen LogP contribution in [-0.2, 0) is 17.8 Å². The van der Waals surface area contributed by atoms with Crippen molar-refractivity contribution in [1.29, 1.82) is 0 Å². The summed E-state index contributed by atoms with van der Waals surface area (Å²) in [6.07, 6.45) is 5.70. The van der Waals surface area contributed by atoms with E-state index in [0.29, 0.717) is 30.5 Å². The first-order valence-corrected chi connectivity index (χ1v) is 10.6. The Labute approximate surface area is 172 Å². The molecule has 3 aromatic rings. The SMILES string of the molecule is CCc1noc(-c2cnc(C)nc2N2CCC(C(=O)NCc3nccs3)CC2)n1. The number of nitrogens with zero attached hydrogens (tertiary/aromatic N) is 6. The predicted molar refractivity (Wildman–Crippen MR) is 108 cm³/mol. The summed E-state index contributed by atoms with van der Waals surface area (Å²) in [5.41, 5.74) is 0.731. The molecule has 152 valence electrons. The van der Waals surface area contributed by atoms with Crippen molar-refractivity contribution in [3.8, 4) is 11.5 Å². The molecule has 10 heteroatoms. The van der Waals surface area contributed by atoms with Gasteiger partial charge in [0.15, 0.2) is 5.82 Å². The summed E-state index contributed by atoms with van der Waals surface area (Å²) >= 11 is 1.55. The van der Waals surface area contributed by atoms with Gasteiger partial charge in [-0.3, -0.25) is 4.79 Å². The average molecular weight is 414 g/mol. The van der Waals surface area contributed by atoms with E-state index in [1.807, 2.05) is 19.2 Å². The van der Waals surface area contributed by atoms with E-state index >= 15 is 0 Å². The Morgan fingerprint density at radius 1 is 1.31 bits per heavy atom. The summed E-state index contributed by atoms with van der Waals surface area (Å²) in [5, 5.41) is 9.81. The molecule has 0 aromatic carbocycles. The predicted octanol–water partition coefficient (Wildman–Crippen LogP) is 2.39. The van der Waals surface area contributed by atoms with Crippen molar-refractivity contribution in [1.82, 2.24) is 30.4 Å². The van der Waals surface area contributed by atoms with Gasteiger partial charge in [0.25, 0.3) is 5.89 Å². The van der Waals surface area contributed by atoms with Crippen molar-refractivity contribution in [3.63, 3.8) is 0 Å². The lowest BCUT2D eigenvalue weighted by molar-refractivity contribution is -0.125. The number of hydrogen-bond donors (Lipinski definition) is 1. The highest BCUT2D eigenvalue weighted by Gasteiger charge is 2.28. The number of anilines is 1. The lowest BCUT2D eigenvalue weighted by atomic mass is 9.95. The Balaban J connectivity index is 1.43. The third-order valence-electron chi connectivity index (χ3n) is 4.97.